The van der Waals surface area contributed by atoms with E-state index in [1.54, 1.807) is 0 Å². The van der Waals surface area contributed by atoms with Gasteiger partial charge in [-0.2, -0.15) is 0 Å². The molecule has 2 aliphatic rings. The summed E-state index contributed by atoms with van der Waals surface area (Å²) >= 11 is 6.66. The van der Waals surface area contributed by atoms with Gasteiger partial charge in [0.1, 0.15) is 0 Å². The quantitative estimate of drug-likeness (QED) is 0.930. The van der Waals surface area contributed by atoms with Gasteiger partial charge in [-0.15, -0.1) is 0 Å². The van der Waals surface area contributed by atoms with Gasteiger partial charge in [0, 0.05) is 6.54 Å². The number of rotatable bonds is 4. The molecule has 0 radical (unpaired) electrons. The van der Waals surface area contributed by atoms with Crippen LogP contribution in [0.4, 0.5) is 0 Å². The molecule has 3 rings (SSSR count). The maximum Gasteiger partial charge on any atom is 0.251 e. The Balaban J connectivity index is 1.63. The number of nitrogens with zero attached hydrogens (tertiary/aromatic N) is 1. The molecule has 1 aromatic rings. The first-order valence-corrected chi connectivity index (χ1v) is 8.83. The summed E-state index contributed by atoms with van der Waals surface area (Å²) in [6, 6.07) is 0. The van der Waals surface area contributed by atoms with Crippen molar-refractivity contribution < 1.29 is 8.42 Å². The van der Waals surface area contributed by atoms with Gasteiger partial charge in [-0.3, -0.25) is 0 Å². The Labute approximate surface area is 116 Å². The van der Waals surface area contributed by atoms with E-state index in [4.69, 9.17) is 11.6 Å². The highest BCUT2D eigenvalue weighted by Gasteiger charge is 2.39. The lowest BCUT2D eigenvalue weighted by atomic mass is 9.89. The van der Waals surface area contributed by atoms with E-state index in [1.807, 2.05) is 0 Å². The molecule has 2 saturated carbocycles. The van der Waals surface area contributed by atoms with Gasteiger partial charge in [0.2, 0.25) is 0 Å². The monoisotopic (exact) mass is 306 g/mol. The molecule has 0 aliphatic heterocycles. The molecule has 0 spiro atoms. The molecule has 1 N–H and O–H groups in total. The SMILES string of the molecule is O=S(=O)(NCC1CC2CCC1C2)c1cnc(Cl)s1. The van der Waals surface area contributed by atoms with Gasteiger partial charge in [-0.1, -0.05) is 29.4 Å². The third-order valence-electron chi connectivity index (χ3n) is 4.14. The molecule has 4 nitrogen and oxygen atoms in total. The zero-order chi connectivity index (χ0) is 12.8. The highest BCUT2D eigenvalue weighted by molar-refractivity contribution is 7.91. The van der Waals surface area contributed by atoms with Crippen molar-refractivity contribution in [3.05, 3.63) is 10.7 Å². The van der Waals surface area contributed by atoms with E-state index in [0.717, 1.165) is 23.2 Å². The van der Waals surface area contributed by atoms with Crippen molar-refractivity contribution in [2.45, 2.75) is 29.9 Å². The fourth-order valence-electron chi connectivity index (χ4n) is 3.28. The first-order chi connectivity index (χ1) is 8.54. The van der Waals surface area contributed by atoms with Crippen molar-refractivity contribution in [2.75, 3.05) is 6.54 Å². The Kier molecular flexibility index (Phi) is 3.38. The van der Waals surface area contributed by atoms with Crippen LogP contribution in [-0.4, -0.2) is 19.9 Å². The first kappa shape index (κ1) is 12.8. The number of sulfonamides is 1. The summed E-state index contributed by atoms with van der Waals surface area (Å²) in [6.45, 7) is 0.555. The summed E-state index contributed by atoms with van der Waals surface area (Å²) in [4.78, 5) is 3.77. The molecule has 1 aromatic heterocycles. The maximum atomic E-state index is 12.0. The maximum absolute atomic E-state index is 12.0. The highest BCUT2D eigenvalue weighted by atomic mass is 35.5. The number of fused-ring (bicyclic) bond motifs is 2. The lowest BCUT2D eigenvalue weighted by Crippen LogP contribution is -2.31. The van der Waals surface area contributed by atoms with E-state index in [0.29, 0.717) is 12.5 Å². The van der Waals surface area contributed by atoms with E-state index in [-0.39, 0.29) is 8.68 Å². The molecule has 3 atom stereocenters. The largest absolute Gasteiger partial charge is 0.251 e. The van der Waals surface area contributed by atoms with Crippen LogP contribution in [0.2, 0.25) is 4.47 Å². The minimum Gasteiger partial charge on any atom is -0.232 e. The van der Waals surface area contributed by atoms with Crippen molar-refractivity contribution in [2.24, 2.45) is 17.8 Å². The fraction of sp³-hybridized carbons (Fsp3) is 0.727. The third kappa shape index (κ3) is 2.43. The van der Waals surface area contributed by atoms with Gasteiger partial charge in [0.05, 0.1) is 6.20 Å². The van der Waals surface area contributed by atoms with Crippen LogP contribution in [0.3, 0.4) is 0 Å². The molecule has 18 heavy (non-hydrogen) atoms. The number of hydrogen-bond acceptors (Lipinski definition) is 4. The normalized spacial score (nSPS) is 31.1. The minimum atomic E-state index is -3.42. The van der Waals surface area contributed by atoms with Crippen molar-refractivity contribution in [3.63, 3.8) is 0 Å². The summed E-state index contributed by atoms with van der Waals surface area (Å²) < 4.78 is 27.2. The van der Waals surface area contributed by atoms with Crippen molar-refractivity contribution in [3.8, 4) is 0 Å². The van der Waals surface area contributed by atoms with E-state index < -0.39 is 10.0 Å². The van der Waals surface area contributed by atoms with Gasteiger partial charge >= 0.3 is 0 Å². The van der Waals surface area contributed by atoms with Crippen molar-refractivity contribution in [1.82, 2.24) is 9.71 Å². The Bertz CT molecular complexity index is 543. The van der Waals surface area contributed by atoms with Gasteiger partial charge in [0.25, 0.3) is 10.0 Å². The van der Waals surface area contributed by atoms with Crippen LogP contribution in [0, 0.1) is 17.8 Å². The number of halogens is 1. The molecule has 2 bridgehead atoms. The molecule has 2 aliphatic carbocycles. The molecule has 2 fully saturated rings. The Hall–Kier alpha value is -0.170. The van der Waals surface area contributed by atoms with Gasteiger partial charge in [-0.05, 0) is 37.0 Å². The molecular formula is C11H15ClN2O2S2. The van der Waals surface area contributed by atoms with Gasteiger partial charge in [-0.25, -0.2) is 18.1 Å². The number of hydrogen-bond donors (Lipinski definition) is 1. The second-order valence-corrected chi connectivity index (χ2v) is 8.83. The Morgan fingerprint density at radius 2 is 2.28 bits per heavy atom. The summed E-state index contributed by atoms with van der Waals surface area (Å²) in [5.41, 5.74) is 0. The average molecular weight is 307 g/mol. The minimum absolute atomic E-state index is 0.204. The highest BCUT2D eigenvalue weighted by Crippen LogP contribution is 2.48. The molecule has 0 amide bonds. The van der Waals surface area contributed by atoms with Gasteiger partial charge in [0.15, 0.2) is 8.68 Å². The number of thiazole rings is 1. The zero-order valence-electron chi connectivity index (χ0n) is 9.80. The zero-order valence-corrected chi connectivity index (χ0v) is 12.2. The molecule has 7 heteroatoms. The smallest absolute Gasteiger partial charge is 0.232 e. The molecule has 3 unspecified atom stereocenters. The van der Waals surface area contributed by atoms with Crippen molar-refractivity contribution in [1.29, 1.82) is 0 Å². The predicted octanol–water partition coefficient (Wildman–Crippen LogP) is 2.51. The second kappa shape index (κ2) is 4.74. The first-order valence-electron chi connectivity index (χ1n) is 6.15. The molecule has 0 saturated heterocycles. The second-order valence-electron chi connectivity index (χ2n) is 5.22. The Morgan fingerprint density at radius 3 is 2.83 bits per heavy atom. The van der Waals surface area contributed by atoms with Gasteiger partial charge < -0.3 is 0 Å². The fourth-order valence-corrected chi connectivity index (χ4v) is 5.71. The van der Waals surface area contributed by atoms with E-state index in [2.05, 4.69) is 9.71 Å². The van der Waals surface area contributed by atoms with Crippen molar-refractivity contribution >= 4 is 33.0 Å². The standard InChI is InChI=1S/C11H15ClN2O2S2/c12-11-13-6-10(17-11)18(15,16)14-5-9-4-7-1-2-8(9)3-7/h6-9,14H,1-5H2. The molecule has 0 aromatic carbocycles. The molecule has 100 valence electrons. The third-order valence-corrected chi connectivity index (χ3v) is 7.14. The average Bonchev–Trinajstić information content (AvgIpc) is 3.01. The van der Waals surface area contributed by atoms with Crippen LogP contribution >= 0.6 is 22.9 Å². The van der Waals surface area contributed by atoms with Crippen LogP contribution in [0.5, 0.6) is 0 Å². The summed E-state index contributed by atoms with van der Waals surface area (Å²) in [5.74, 6) is 2.08. The number of aromatic nitrogens is 1. The molecular weight excluding hydrogens is 292 g/mol. The van der Waals surface area contributed by atoms with E-state index in [1.165, 1.54) is 31.9 Å². The molecule has 1 heterocycles. The number of nitrogens with one attached hydrogen (secondary N) is 1. The van der Waals surface area contributed by atoms with Crippen LogP contribution in [-0.2, 0) is 10.0 Å². The predicted molar refractivity (Wildman–Crippen MR) is 71.3 cm³/mol. The van der Waals surface area contributed by atoms with E-state index >= 15 is 0 Å². The summed E-state index contributed by atoms with van der Waals surface area (Å²) in [7, 11) is -3.42. The van der Waals surface area contributed by atoms with E-state index in [9.17, 15) is 8.42 Å². The van der Waals surface area contributed by atoms with Crippen LogP contribution in [0.15, 0.2) is 10.4 Å². The summed E-state index contributed by atoms with van der Waals surface area (Å²) in [6.07, 6.45) is 6.38. The van der Waals surface area contributed by atoms with Crippen LogP contribution in [0.25, 0.3) is 0 Å². The Morgan fingerprint density at radius 1 is 1.44 bits per heavy atom. The lowest BCUT2D eigenvalue weighted by molar-refractivity contribution is 0.333. The lowest BCUT2D eigenvalue weighted by Gasteiger charge is -2.21. The van der Waals surface area contributed by atoms with Crippen LogP contribution in [0.1, 0.15) is 25.7 Å². The van der Waals surface area contributed by atoms with Crippen LogP contribution < -0.4 is 4.72 Å². The summed E-state index contributed by atoms with van der Waals surface area (Å²) in [5, 5.41) is 0. The topological polar surface area (TPSA) is 59.1 Å².